The van der Waals surface area contributed by atoms with Gasteiger partial charge in [-0.3, -0.25) is 14.4 Å². The first-order chi connectivity index (χ1) is 11.5. The number of Topliss-reactive ketones (excluding diaryl/α,β-unsaturated/α-hetero) is 2. The van der Waals surface area contributed by atoms with E-state index in [1.807, 2.05) is 6.07 Å². The van der Waals surface area contributed by atoms with Crippen LogP contribution in [-0.4, -0.2) is 30.7 Å². The van der Waals surface area contributed by atoms with Gasteiger partial charge in [0.05, 0.1) is 7.11 Å². The third-order valence-electron chi connectivity index (χ3n) is 3.50. The molecule has 124 valence electrons. The van der Waals surface area contributed by atoms with Crippen molar-refractivity contribution in [2.24, 2.45) is 5.92 Å². The van der Waals surface area contributed by atoms with Crippen LogP contribution in [0.2, 0.25) is 0 Å². The van der Waals surface area contributed by atoms with E-state index in [1.165, 1.54) is 6.92 Å². The number of carbonyl (C=O) groups is 3. The maximum absolute atomic E-state index is 12.6. The van der Waals surface area contributed by atoms with Crippen LogP contribution in [0.25, 0.3) is 0 Å². The number of carbonyl (C=O) groups excluding carboxylic acids is 3. The summed E-state index contributed by atoms with van der Waals surface area (Å²) in [5.41, 5.74) is 0.271. The Morgan fingerprint density at radius 1 is 0.875 bits per heavy atom. The Labute approximate surface area is 140 Å². The average molecular weight is 326 g/mol. The zero-order valence-electron chi connectivity index (χ0n) is 13.5. The highest BCUT2D eigenvalue weighted by atomic mass is 16.5. The molecule has 0 aliphatic heterocycles. The molecule has 2 aromatic rings. The molecule has 5 nitrogen and oxygen atoms in total. The molecule has 0 aromatic heterocycles. The minimum Gasteiger partial charge on any atom is -0.483 e. The van der Waals surface area contributed by atoms with Gasteiger partial charge in [0.15, 0.2) is 23.6 Å². The summed E-state index contributed by atoms with van der Waals surface area (Å²) in [4.78, 5) is 37.2. The Hall–Kier alpha value is -2.95. The fraction of sp³-hybridized carbons (Fsp3) is 0.211. The number of ether oxygens (including phenoxy) is 2. The smallest absolute Gasteiger partial charge is 0.324 e. The van der Waals surface area contributed by atoms with Crippen molar-refractivity contribution in [3.05, 3.63) is 66.2 Å². The lowest BCUT2D eigenvalue weighted by Gasteiger charge is -2.18. The lowest BCUT2D eigenvalue weighted by Crippen LogP contribution is -2.40. The number of esters is 1. The first kappa shape index (κ1) is 17.4. The summed E-state index contributed by atoms with van der Waals surface area (Å²) < 4.78 is 10.2. The third-order valence-corrected chi connectivity index (χ3v) is 3.50. The second-order valence-electron chi connectivity index (χ2n) is 5.16. The highest BCUT2D eigenvalue weighted by Crippen LogP contribution is 2.17. The van der Waals surface area contributed by atoms with Gasteiger partial charge in [0.2, 0.25) is 0 Å². The van der Waals surface area contributed by atoms with Crippen molar-refractivity contribution in [3.63, 3.8) is 0 Å². The lowest BCUT2D eigenvalue weighted by molar-refractivity contribution is -0.148. The van der Waals surface area contributed by atoms with Crippen molar-refractivity contribution < 1.29 is 23.9 Å². The van der Waals surface area contributed by atoms with Crippen LogP contribution in [0.1, 0.15) is 17.3 Å². The summed E-state index contributed by atoms with van der Waals surface area (Å²) in [6.45, 7) is 1.50. The number of hydrogen-bond acceptors (Lipinski definition) is 5. The monoisotopic (exact) mass is 326 g/mol. The van der Waals surface area contributed by atoms with E-state index >= 15 is 0 Å². The average Bonchev–Trinajstić information content (AvgIpc) is 2.63. The van der Waals surface area contributed by atoms with Gasteiger partial charge in [0, 0.05) is 5.56 Å². The summed E-state index contributed by atoms with van der Waals surface area (Å²) >= 11 is 0. The second-order valence-corrected chi connectivity index (χ2v) is 5.16. The van der Waals surface area contributed by atoms with Gasteiger partial charge in [0.1, 0.15) is 5.75 Å². The normalized spacial score (nSPS) is 12.8. The first-order valence-corrected chi connectivity index (χ1v) is 7.47. The SMILES string of the molecule is COC(=O)C(C(=O)c1ccccc1)C(=O)C(C)Oc1ccccc1. The summed E-state index contributed by atoms with van der Waals surface area (Å²) in [7, 11) is 1.14. The van der Waals surface area contributed by atoms with E-state index in [0.29, 0.717) is 5.75 Å². The molecule has 0 fully saturated rings. The van der Waals surface area contributed by atoms with Gasteiger partial charge in [-0.1, -0.05) is 48.5 Å². The number of methoxy groups -OCH3 is 1. The number of hydrogen-bond donors (Lipinski definition) is 0. The first-order valence-electron chi connectivity index (χ1n) is 7.47. The number of para-hydroxylation sites is 1. The van der Waals surface area contributed by atoms with E-state index in [2.05, 4.69) is 4.74 Å². The predicted octanol–water partition coefficient (Wildman–Crippen LogP) is 2.70. The van der Waals surface area contributed by atoms with Crippen molar-refractivity contribution >= 4 is 17.5 Å². The Morgan fingerprint density at radius 3 is 1.96 bits per heavy atom. The van der Waals surface area contributed by atoms with Crippen molar-refractivity contribution in [3.8, 4) is 5.75 Å². The van der Waals surface area contributed by atoms with Gasteiger partial charge < -0.3 is 9.47 Å². The summed E-state index contributed by atoms with van der Waals surface area (Å²) in [5, 5.41) is 0. The zero-order chi connectivity index (χ0) is 17.5. The van der Waals surface area contributed by atoms with Gasteiger partial charge in [-0.25, -0.2) is 0 Å². The lowest BCUT2D eigenvalue weighted by atomic mass is 9.91. The topological polar surface area (TPSA) is 69.7 Å². The van der Waals surface area contributed by atoms with Gasteiger partial charge in [-0.2, -0.15) is 0 Å². The molecule has 0 bridgehead atoms. The zero-order valence-corrected chi connectivity index (χ0v) is 13.5. The van der Waals surface area contributed by atoms with Crippen LogP contribution in [-0.2, 0) is 14.3 Å². The molecule has 0 aliphatic carbocycles. The highest BCUT2D eigenvalue weighted by Gasteiger charge is 2.38. The summed E-state index contributed by atoms with van der Waals surface area (Å²) in [6.07, 6.45) is -0.968. The Morgan fingerprint density at radius 2 is 1.42 bits per heavy atom. The minimum absolute atomic E-state index is 0.271. The molecule has 0 N–H and O–H groups in total. The van der Waals surface area contributed by atoms with Crippen LogP contribution in [0, 0.1) is 5.92 Å². The van der Waals surface area contributed by atoms with Crippen molar-refractivity contribution in [1.29, 1.82) is 0 Å². The van der Waals surface area contributed by atoms with E-state index in [1.54, 1.807) is 54.6 Å². The minimum atomic E-state index is -1.55. The molecule has 5 heteroatoms. The number of benzene rings is 2. The second kappa shape index (κ2) is 8.06. The highest BCUT2D eigenvalue weighted by molar-refractivity contribution is 6.23. The molecule has 0 spiro atoms. The number of ketones is 2. The van der Waals surface area contributed by atoms with Crippen LogP contribution in [0.15, 0.2) is 60.7 Å². The van der Waals surface area contributed by atoms with E-state index in [-0.39, 0.29) is 5.56 Å². The molecule has 0 amide bonds. The molecule has 2 atom stereocenters. The van der Waals surface area contributed by atoms with Gasteiger partial charge >= 0.3 is 5.97 Å². The van der Waals surface area contributed by atoms with E-state index in [9.17, 15) is 14.4 Å². The fourth-order valence-electron chi connectivity index (χ4n) is 2.24. The van der Waals surface area contributed by atoms with Gasteiger partial charge in [-0.05, 0) is 19.1 Å². The molecular formula is C19H18O5. The molecule has 0 heterocycles. The molecule has 2 unspecified atom stereocenters. The largest absolute Gasteiger partial charge is 0.483 e. The van der Waals surface area contributed by atoms with E-state index in [0.717, 1.165) is 7.11 Å². The van der Waals surface area contributed by atoms with Gasteiger partial charge in [-0.15, -0.1) is 0 Å². The Balaban J connectivity index is 2.22. The third kappa shape index (κ3) is 4.07. The Bertz CT molecular complexity index is 709. The summed E-state index contributed by atoms with van der Waals surface area (Å²) in [5.74, 6) is -3.20. The molecule has 0 saturated heterocycles. The van der Waals surface area contributed by atoms with Crippen LogP contribution >= 0.6 is 0 Å². The maximum Gasteiger partial charge on any atom is 0.324 e. The van der Waals surface area contributed by atoms with Crippen molar-refractivity contribution in [2.75, 3.05) is 7.11 Å². The molecule has 0 radical (unpaired) electrons. The standard InChI is InChI=1S/C19H18O5/c1-13(24-15-11-7-4-8-12-15)17(20)16(19(22)23-2)18(21)14-9-5-3-6-10-14/h3-13,16H,1-2H3. The van der Waals surface area contributed by atoms with Crippen LogP contribution in [0.4, 0.5) is 0 Å². The van der Waals surface area contributed by atoms with Crippen LogP contribution in [0.5, 0.6) is 5.75 Å². The van der Waals surface area contributed by atoms with E-state index < -0.39 is 29.6 Å². The van der Waals surface area contributed by atoms with Crippen molar-refractivity contribution in [1.82, 2.24) is 0 Å². The molecule has 0 aliphatic rings. The van der Waals surface area contributed by atoms with E-state index in [4.69, 9.17) is 4.74 Å². The van der Waals surface area contributed by atoms with Gasteiger partial charge in [0.25, 0.3) is 0 Å². The number of rotatable bonds is 7. The van der Waals surface area contributed by atoms with Crippen LogP contribution < -0.4 is 4.74 Å². The molecule has 2 aromatic carbocycles. The fourth-order valence-corrected chi connectivity index (χ4v) is 2.24. The molecule has 2 rings (SSSR count). The molecule has 24 heavy (non-hydrogen) atoms. The van der Waals surface area contributed by atoms with Crippen LogP contribution in [0.3, 0.4) is 0 Å². The maximum atomic E-state index is 12.6. The van der Waals surface area contributed by atoms with Crippen molar-refractivity contribution in [2.45, 2.75) is 13.0 Å². The molecular weight excluding hydrogens is 308 g/mol. The molecule has 0 saturated carbocycles. The summed E-state index contributed by atoms with van der Waals surface area (Å²) in [6, 6.07) is 16.9. The predicted molar refractivity (Wildman–Crippen MR) is 87.8 cm³/mol. The Kier molecular flexibility index (Phi) is 5.84. The quantitative estimate of drug-likeness (QED) is 0.444.